The quantitative estimate of drug-likeness (QED) is 0.532. The third-order valence-electron chi connectivity index (χ3n) is 6.72. The number of amides is 1. The maximum atomic E-state index is 13.5. The minimum atomic E-state index is -0.356. The van der Waals surface area contributed by atoms with Gasteiger partial charge in [-0.2, -0.15) is 0 Å². The molecule has 0 N–H and O–H groups in total. The first-order chi connectivity index (χ1) is 15.5. The molecule has 32 heavy (non-hydrogen) atoms. The van der Waals surface area contributed by atoms with Crippen LogP contribution in [0, 0.1) is 5.92 Å². The minimum Gasteiger partial charge on any atom is -0.497 e. The Morgan fingerprint density at radius 1 is 1.16 bits per heavy atom. The van der Waals surface area contributed by atoms with E-state index >= 15 is 0 Å². The van der Waals surface area contributed by atoms with E-state index in [9.17, 15) is 9.59 Å². The summed E-state index contributed by atoms with van der Waals surface area (Å²) in [5, 5.41) is 0.550. The van der Waals surface area contributed by atoms with Crippen LogP contribution < -0.4 is 10.3 Å². The van der Waals surface area contributed by atoms with E-state index in [0.717, 1.165) is 6.42 Å². The molecule has 1 fully saturated rings. The molecule has 1 atom stereocenters. The van der Waals surface area contributed by atoms with Crippen molar-refractivity contribution in [2.75, 3.05) is 14.2 Å². The van der Waals surface area contributed by atoms with Gasteiger partial charge < -0.3 is 9.64 Å². The molecule has 1 amide bonds. The highest BCUT2D eigenvalue weighted by Crippen LogP contribution is 2.29. The van der Waals surface area contributed by atoms with Crippen LogP contribution in [-0.2, 0) is 4.79 Å². The Hall–Kier alpha value is -3.15. The van der Waals surface area contributed by atoms with Crippen LogP contribution in [-0.4, -0.2) is 34.5 Å². The number of fused-ring (bicyclic) bond motifs is 1. The molecule has 0 bridgehead atoms. The minimum absolute atomic E-state index is 0.0908. The normalized spacial score (nSPS) is 15.1. The largest absolute Gasteiger partial charge is 0.497 e. The molecule has 2 aromatic carbocycles. The number of methoxy groups -OCH3 is 1. The Bertz CT molecular complexity index is 1150. The molecule has 1 aromatic heterocycles. The number of carbonyl (C=O) groups excluding carboxylic acids is 1. The van der Waals surface area contributed by atoms with Crippen molar-refractivity contribution in [1.29, 1.82) is 0 Å². The Kier molecular flexibility index (Phi) is 6.58. The first kappa shape index (κ1) is 22.1. The van der Waals surface area contributed by atoms with E-state index in [0.29, 0.717) is 40.5 Å². The lowest BCUT2D eigenvalue weighted by molar-refractivity contribution is -0.132. The zero-order valence-electron chi connectivity index (χ0n) is 19.1. The van der Waals surface area contributed by atoms with Gasteiger partial charge in [0.2, 0.25) is 5.91 Å². The van der Waals surface area contributed by atoms with Crippen LogP contribution in [0.15, 0.2) is 53.3 Å². The van der Waals surface area contributed by atoms with E-state index in [4.69, 9.17) is 9.72 Å². The third-order valence-corrected chi connectivity index (χ3v) is 6.72. The first-order valence-electron chi connectivity index (χ1n) is 11.4. The molecule has 1 unspecified atom stereocenters. The molecule has 4 rings (SSSR count). The summed E-state index contributed by atoms with van der Waals surface area (Å²) < 4.78 is 6.88. The average Bonchev–Trinajstić information content (AvgIpc) is 3.35. The van der Waals surface area contributed by atoms with E-state index in [1.54, 1.807) is 29.7 Å². The van der Waals surface area contributed by atoms with Crippen LogP contribution in [0.5, 0.6) is 5.75 Å². The fraction of sp³-hybridized carbons (Fsp3) is 0.423. The Labute approximate surface area is 188 Å². The smallest absolute Gasteiger partial charge is 0.266 e. The molecular weight excluding hydrogens is 402 g/mol. The van der Waals surface area contributed by atoms with Gasteiger partial charge in [-0.25, -0.2) is 4.98 Å². The highest BCUT2D eigenvalue weighted by molar-refractivity contribution is 5.78. The van der Waals surface area contributed by atoms with E-state index in [2.05, 4.69) is 0 Å². The van der Waals surface area contributed by atoms with Gasteiger partial charge in [0, 0.05) is 13.5 Å². The summed E-state index contributed by atoms with van der Waals surface area (Å²) in [6.45, 7) is 1.93. The summed E-state index contributed by atoms with van der Waals surface area (Å²) >= 11 is 0. The number of benzene rings is 2. The van der Waals surface area contributed by atoms with Crippen molar-refractivity contribution in [3.63, 3.8) is 0 Å². The summed E-state index contributed by atoms with van der Waals surface area (Å²) in [6, 6.07) is 14.3. The van der Waals surface area contributed by atoms with E-state index in [1.807, 2.05) is 49.4 Å². The lowest BCUT2D eigenvalue weighted by Gasteiger charge is -2.27. The van der Waals surface area contributed by atoms with Gasteiger partial charge in [-0.1, -0.05) is 37.8 Å². The van der Waals surface area contributed by atoms with Gasteiger partial charge >= 0.3 is 0 Å². The SMILES string of the molecule is COc1ccc(-n2c(C(C)N(C)C(=O)CCC3CCCC3)nc3ccccc3c2=O)cc1. The molecule has 0 spiro atoms. The van der Waals surface area contributed by atoms with E-state index in [1.165, 1.54) is 25.7 Å². The van der Waals surface area contributed by atoms with Gasteiger partial charge in [0.25, 0.3) is 5.56 Å². The molecule has 0 aliphatic heterocycles. The summed E-state index contributed by atoms with van der Waals surface area (Å²) in [5.74, 6) is 2.02. The van der Waals surface area contributed by atoms with Crippen molar-refractivity contribution in [3.05, 3.63) is 64.7 Å². The van der Waals surface area contributed by atoms with E-state index < -0.39 is 0 Å². The molecule has 0 saturated heterocycles. The highest BCUT2D eigenvalue weighted by Gasteiger charge is 2.25. The van der Waals surface area contributed by atoms with Gasteiger partial charge in [0.15, 0.2) is 0 Å². The van der Waals surface area contributed by atoms with Crippen molar-refractivity contribution >= 4 is 16.8 Å². The van der Waals surface area contributed by atoms with Crippen molar-refractivity contribution in [3.8, 4) is 11.4 Å². The number of rotatable bonds is 7. The third kappa shape index (κ3) is 4.40. The molecule has 0 radical (unpaired) electrons. The zero-order chi connectivity index (χ0) is 22.7. The van der Waals surface area contributed by atoms with Crippen molar-refractivity contribution in [1.82, 2.24) is 14.5 Å². The molecule has 1 aliphatic carbocycles. The Morgan fingerprint density at radius 2 is 1.84 bits per heavy atom. The van der Waals surface area contributed by atoms with Gasteiger partial charge in [-0.05, 0) is 55.7 Å². The van der Waals surface area contributed by atoms with Crippen LogP contribution in [0.1, 0.15) is 57.3 Å². The summed E-state index contributed by atoms with van der Waals surface area (Å²) in [6.07, 6.45) is 6.49. The van der Waals surface area contributed by atoms with Crippen molar-refractivity contribution in [2.45, 2.75) is 51.5 Å². The molecule has 1 saturated carbocycles. The van der Waals surface area contributed by atoms with Crippen molar-refractivity contribution in [2.24, 2.45) is 5.92 Å². The predicted octanol–water partition coefficient (Wildman–Crippen LogP) is 4.88. The lowest BCUT2D eigenvalue weighted by atomic mass is 10.0. The Morgan fingerprint density at radius 3 is 2.53 bits per heavy atom. The summed E-state index contributed by atoms with van der Waals surface area (Å²) in [7, 11) is 3.42. The van der Waals surface area contributed by atoms with Crippen LogP contribution in [0.3, 0.4) is 0 Å². The van der Waals surface area contributed by atoms with Crippen LogP contribution in [0.25, 0.3) is 16.6 Å². The average molecular weight is 434 g/mol. The Balaban J connectivity index is 1.70. The number of nitrogens with zero attached hydrogens (tertiary/aromatic N) is 3. The molecule has 6 heteroatoms. The second kappa shape index (κ2) is 9.55. The van der Waals surface area contributed by atoms with E-state index in [-0.39, 0.29) is 17.5 Å². The second-order valence-electron chi connectivity index (χ2n) is 8.70. The standard InChI is InChI=1S/C26H31N3O3/c1-18(28(2)24(30)17-12-19-8-4-5-9-19)25-27-23-11-7-6-10-22(23)26(31)29(25)20-13-15-21(32-3)16-14-20/h6-7,10-11,13-16,18-19H,4-5,8-9,12,17H2,1-3H3. The van der Waals surface area contributed by atoms with Crippen LogP contribution in [0.4, 0.5) is 0 Å². The molecular formula is C26H31N3O3. The molecule has 1 heterocycles. The fourth-order valence-electron chi connectivity index (χ4n) is 4.60. The number of para-hydroxylation sites is 1. The highest BCUT2D eigenvalue weighted by atomic mass is 16.5. The van der Waals surface area contributed by atoms with Gasteiger partial charge in [0.05, 0.1) is 29.7 Å². The second-order valence-corrected chi connectivity index (χ2v) is 8.70. The summed E-state index contributed by atoms with van der Waals surface area (Å²) in [4.78, 5) is 33.0. The van der Waals surface area contributed by atoms with Gasteiger partial charge in [-0.3, -0.25) is 14.2 Å². The number of hydrogen-bond acceptors (Lipinski definition) is 4. The van der Waals surface area contributed by atoms with Crippen LogP contribution in [0.2, 0.25) is 0 Å². The topological polar surface area (TPSA) is 64.4 Å². The van der Waals surface area contributed by atoms with Crippen molar-refractivity contribution < 1.29 is 9.53 Å². The number of hydrogen-bond donors (Lipinski definition) is 0. The lowest BCUT2D eigenvalue weighted by Crippen LogP contribution is -2.35. The molecule has 168 valence electrons. The van der Waals surface area contributed by atoms with Gasteiger partial charge in [0.1, 0.15) is 11.6 Å². The van der Waals surface area contributed by atoms with Crippen LogP contribution >= 0.6 is 0 Å². The predicted molar refractivity (Wildman–Crippen MR) is 126 cm³/mol. The molecule has 1 aliphatic rings. The fourth-order valence-corrected chi connectivity index (χ4v) is 4.60. The maximum absolute atomic E-state index is 13.5. The maximum Gasteiger partial charge on any atom is 0.266 e. The summed E-state index contributed by atoms with van der Waals surface area (Å²) in [5.41, 5.74) is 1.19. The number of aromatic nitrogens is 2. The molecule has 3 aromatic rings. The molecule has 6 nitrogen and oxygen atoms in total. The number of carbonyl (C=O) groups is 1. The monoisotopic (exact) mass is 433 g/mol. The first-order valence-corrected chi connectivity index (χ1v) is 11.4. The van der Waals surface area contributed by atoms with Gasteiger partial charge in [-0.15, -0.1) is 0 Å². The zero-order valence-corrected chi connectivity index (χ0v) is 19.1. The number of ether oxygens (including phenoxy) is 1.